The lowest BCUT2D eigenvalue weighted by Crippen LogP contribution is -2.23. The zero-order valence-electron chi connectivity index (χ0n) is 11.6. The summed E-state index contributed by atoms with van der Waals surface area (Å²) < 4.78 is 0. The molecule has 0 radical (unpaired) electrons. The van der Waals surface area contributed by atoms with Gasteiger partial charge in [0, 0.05) is 11.3 Å². The maximum absolute atomic E-state index is 12.2. The van der Waals surface area contributed by atoms with Crippen molar-refractivity contribution in [1.29, 1.82) is 0 Å². The normalized spacial score (nSPS) is 9.62. The number of carbonyl (C=O) groups is 1. The van der Waals surface area contributed by atoms with E-state index in [2.05, 4.69) is 22.1 Å². The van der Waals surface area contributed by atoms with Crippen LogP contribution in [-0.4, -0.2) is 17.4 Å². The Balaban J connectivity index is 2.30. The number of anilines is 1. The Labute approximate surface area is 122 Å². The first-order chi connectivity index (χ1) is 10.1. The van der Waals surface area contributed by atoms with Crippen LogP contribution >= 0.6 is 0 Å². The summed E-state index contributed by atoms with van der Waals surface area (Å²) in [5, 5.41) is 2.69. The van der Waals surface area contributed by atoms with E-state index in [4.69, 9.17) is 5.73 Å². The minimum atomic E-state index is -0.474. The molecule has 0 saturated heterocycles. The first kappa shape index (κ1) is 14.6. The van der Waals surface area contributed by atoms with E-state index in [1.54, 1.807) is 31.2 Å². The van der Waals surface area contributed by atoms with Crippen LogP contribution in [-0.2, 0) is 0 Å². The summed E-state index contributed by atoms with van der Waals surface area (Å²) >= 11 is 0. The minimum absolute atomic E-state index is 0.0576. The van der Waals surface area contributed by atoms with E-state index in [1.807, 2.05) is 6.07 Å². The van der Waals surface area contributed by atoms with Crippen LogP contribution in [0.2, 0.25) is 0 Å². The van der Waals surface area contributed by atoms with Crippen molar-refractivity contribution >= 4 is 11.6 Å². The number of pyridine rings is 1. The molecule has 1 aromatic carbocycles. The van der Waals surface area contributed by atoms with E-state index in [0.29, 0.717) is 16.9 Å². The topological polar surface area (TPSA) is 88.0 Å². The number of benzene rings is 1. The SMILES string of the molecule is Cc1ccc(C(=O)Nc2ccccc2C#CCN)c(=O)[nH]1. The largest absolute Gasteiger partial charge is 0.326 e. The molecule has 1 amide bonds. The third-order valence-corrected chi connectivity index (χ3v) is 2.80. The van der Waals surface area contributed by atoms with Crippen LogP contribution in [0.4, 0.5) is 5.69 Å². The maximum Gasteiger partial charge on any atom is 0.261 e. The highest BCUT2D eigenvalue weighted by molar-refractivity contribution is 6.04. The zero-order chi connectivity index (χ0) is 15.2. The Kier molecular flexibility index (Phi) is 4.54. The highest BCUT2D eigenvalue weighted by Gasteiger charge is 2.11. The molecule has 0 saturated carbocycles. The number of amides is 1. The van der Waals surface area contributed by atoms with Crippen LogP contribution in [0.15, 0.2) is 41.2 Å². The molecule has 0 unspecified atom stereocenters. The molecule has 0 spiro atoms. The van der Waals surface area contributed by atoms with Crippen molar-refractivity contribution in [3.8, 4) is 11.8 Å². The highest BCUT2D eigenvalue weighted by atomic mass is 16.2. The van der Waals surface area contributed by atoms with Crippen LogP contribution in [0.25, 0.3) is 0 Å². The third-order valence-electron chi connectivity index (χ3n) is 2.80. The molecule has 0 atom stereocenters. The number of aryl methyl sites for hydroxylation is 1. The van der Waals surface area contributed by atoms with E-state index >= 15 is 0 Å². The molecular formula is C16H15N3O2. The van der Waals surface area contributed by atoms with E-state index in [1.165, 1.54) is 6.07 Å². The Morgan fingerprint density at radius 3 is 2.76 bits per heavy atom. The number of rotatable bonds is 2. The van der Waals surface area contributed by atoms with Gasteiger partial charge in [-0.3, -0.25) is 9.59 Å². The molecule has 2 rings (SSSR count). The van der Waals surface area contributed by atoms with Crippen LogP contribution in [0.5, 0.6) is 0 Å². The molecule has 1 heterocycles. The van der Waals surface area contributed by atoms with Gasteiger partial charge in [-0.1, -0.05) is 24.0 Å². The minimum Gasteiger partial charge on any atom is -0.326 e. The van der Waals surface area contributed by atoms with Gasteiger partial charge in [0.2, 0.25) is 0 Å². The first-order valence-electron chi connectivity index (χ1n) is 6.41. The molecule has 5 nitrogen and oxygen atoms in total. The molecule has 2 aromatic rings. The fourth-order valence-corrected chi connectivity index (χ4v) is 1.79. The number of hydrogen-bond donors (Lipinski definition) is 3. The Hall–Kier alpha value is -2.84. The second kappa shape index (κ2) is 6.55. The Morgan fingerprint density at radius 2 is 2.05 bits per heavy atom. The quantitative estimate of drug-likeness (QED) is 0.724. The lowest BCUT2D eigenvalue weighted by molar-refractivity contribution is 0.102. The molecule has 5 heteroatoms. The molecular weight excluding hydrogens is 266 g/mol. The molecule has 0 aliphatic carbocycles. The molecule has 4 N–H and O–H groups in total. The van der Waals surface area contributed by atoms with Crippen molar-refractivity contribution in [2.75, 3.05) is 11.9 Å². The molecule has 0 aliphatic heterocycles. The van der Waals surface area contributed by atoms with Crippen molar-refractivity contribution in [3.63, 3.8) is 0 Å². The highest BCUT2D eigenvalue weighted by Crippen LogP contribution is 2.14. The number of aromatic nitrogens is 1. The summed E-state index contributed by atoms with van der Waals surface area (Å²) in [6, 6.07) is 10.3. The van der Waals surface area contributed by atoms with Crippen LogP contribution in [0, 0.1) is 18.8 Å². The van der Waals surface area contributed by atoms with Gasteiger partial charge in [0.15, 0.2) is 0 Å². The van der Waals surface area contributed by atoms with Crippen LogP contribution in [0.1, 0.15) is 21.6 Å². The van der Waals surface area contributed by atoms with E-state index in [-0.39, 0.29) is 12.1 Å². The van der Waals surface area contributed by atoms with Crippen molar-refractivity contribution in [1.82, 2.24) is 4.98 Å². The molecule has 0 aliphatic rings. The Bertz CT molecular complexity index is 782. The van der Waals surface area contributed by atoms with Gasteiger partial charge in [0.05, 0.1) is 12.2 Å². The van der Waals surface area contributed by atoms with Gasteiger partial charge in [-0.25, -0.2) is 0 Å². The molecule has 1 aromatic heterocycles. The molecule has 0 fully saturated rings. The van der Waals surface area contributed by atoms with Gasteiger partial charge >= 0.3 is 0 Å². The maximum atomic E-state index is 12.2. The van der Waals surface area contributed by atoms with Crippen molar-refractivity contribution in [3.05, 3.63) is 63.6 Å². The van der Waals surface area contributed by atoms with Crippen molar-refractivity contribution < 1.29 is 4.79 Å². The zero-order valence-corrected chi connectivity index (χ0v) is 11.6. The number of H-pyrrole nitrogens is 1. The second-order valence-corrected chi connectivity index (χ2v) is 4.39. The van der Waals surface area contributed by atoms with E-state index in [0.717, 1.165) is 0 Å². The average molecular weight is 281 g/mol. The summed E-state index contributed by atoms with van der Waals surface area (Å²) in [6.45, 7) is 1.99. The van der Waals surface area contributed by atoms with Gasteiger partial charge in [0.25, 0.3) is 11.5 Å². The van der Waals surface area contributed by atoms with Gasteiger partial charge in [0.1, 0.15) is 5.56 Å². The standard InChI is InChI=1S/C16H15N3O2/c1-11-8-9-13(15(20)18-11)16(21)19-14-7-3-2-5-12(14)6-4-10-17/h2-3,5,7-9H,10,17H2,1H3,(H,18,20)(H,19,21). The second-order valence-electron chi connectivity index (χ2n) is 4.39. The van der Waals surface area contributed by atoms with Gasteiger partial charge < -0.3 is 16.0 Å². The predicted molar refractivity (Wildman–Crippen MR) is 82.1 cm³/mol. The van der Waals surface area contributed by atoms with Crippen LogP contribution < -0.4 is 16.6 Å². The first-order valence-corrected chi connectivity index (χ1v) is 6.41. The average Bonchev–Trinajstić information content (AvgIpc) is 2.46. The number of para-hydroxylation sites is 1. The van der Waals surface area contributed by atoms with Crippen molar-refractivity contribution in [2.24, 2.45) is 5.73 Å². The van der Waals surface area contributed by atoms with E-state index in [9.17, 15) is 9.59 Å². The van der Waals surface area contributed by atoms with Gasteiger partial charge in [-0.15, -0.1) is 0 Å². The predicted octanol–water partition coefficient (Wildman–Crippen LogP) is 1.25. The monoisotopic (exact) mass is 281 g/mol. The summed E-state index contributed by atoms with van der Waals surface area (Å²) in [6.07, 6.45) is 0. The number of hydrogen-bond acceptors (Lipinski definition) is 3. The fourth-order valence-electron chi connectivity index (χ4n) is 1.79. The number of carbonyl (C=O) groups excluding carboxylic acids is 1. The van der Waals surface area contributed by atoms with Gasteiger partial charge in [-0.05, 0) is 31.2 Å². The molecule has 21 heavy (non-hydrogen) atoms. The number of aromatic amines is 1. The smallest absolute Gasteiger partial charge is 0.261 e. The third kappa shape index (κ3) is 3.59. The summed E-state index contributed by atoms with van der Waals surface area (Å²) in [4.78, 5) is 26.5. The fraction of sp³-hybridized carbons (Fsp3) is 0.125. The lowest BCUT2D eigenvalue weighted by Gasteiger charge is -2.07. The summed E-state index contributed by atoms with van der Waals surface area (Å²) in [5.74, 6) is 5.14. The summed E-state index contributed by atoms with van der Waals surface area (Å²) in [7, 11) is 0. The van der Waals surface area contributed by atoms with E-state index < -0.39 is 11.5 Å². The Morgan fingerprint density at radius 1 is 1.29 bits per heavy atom. The van der Waals surface area contributed by atoms with Crippen molar-refractivity contribution in [2.45, 2.75) is 6.92 Å². The summed E-state index contributed by atoms with van der Waals surface area (Å²) in [5.41, 5.74) is 6.88. The molecule has 106 valence electrons. The number of nitrogens with one attached hydrogen (secondary N) is 2. The lowest BCUT2D eigenvalue weighted by atomic mass is 10.1. The van der Waals surface area contributed by atoms with Crippen LogP contribution in [0.3, 0.4) is 0 Å². The number of nitrogens with two attached hydrogens (primary N) is 1. The van der Waals surface area contributed by atoms with Gasteiger partial charge in [-0.2, -0.15) is 0 Å². The molecule has 0 bridgehead atoms.